The number of aromatic nitrogens is 1. The lowest BCUT2D eigenvalue weighted by molar-refractivity contribution is 0.414. The average molecular weight is 308 g/mol. The van der Waals surface area contributed by atoms with Gasteiger partial charge in [0.15, 0.2) is 0 Å². The van der Waals surface area contributed by atoms with Crippen LogP contribution in [0.2, 0.25) is 0 Å². The van der Waals surface area contributed by atoms with Gasteiger partial charge in [-0.2, -0.15) is 0 Å². The van der Waals surface area contributed by atoms with Crippen molar-refractivity contribution in [1.29, 1.82) is 0 Å². The fraction of sp³-hybridized carbons (Fsp3) is 0.300. The molecular formula is C20H24N2O. The number of rotatable bonds is 7. The van der Waals surface area contributed by atoms with E-state index < -0.39 is 0 Å². The first-order valence-corrected chi connectivity index (χ1v) is 8.22. The number of nitrogens with one attached hydrogen (secondary N) is 1. The Bertz CT molecular complexity index is 759. The molecule has 0 aliphatic heterocycles. The van der Waals surface area contributed by atoms with Crippen molar-refractivity contribution >= 4 is 10.9 Å². The standard InChI is InChI=1S/C20H24N2O/c1-3-22-15-17(19-6-4-5-7-20(19)22)14-21-13-12-16-8-10-18(23-2)11-9-16/h4-11,15,21H,3,12-14H2,1-2H3. The van der Waals surface area contributed by atoms with Crippen LogP contribution >= 0.6 is 0 Å². The maximum atomic E-state index is 5.19. The predicted octanol–water partition coefficient (Wildman–Crippen LogP) is 4.00. The van der Waals surface area contributed by atoms with Crippen molar-refractivity contribution in [2.75, 3.05) is 13.7 Å². The van der Waals surface area contributed by atoms with Gasteiger partial charge in [0.2, 0.25) is 0 Å². The quantitative estimate of drug-likeness (QED) is 0.668. The molecular weight excluding hydrogens is 284 g/mol. The van der Waals surface area contributed by atoms with Gasteiger partial charge in [0, 0.05) is 30.2 Å². The van der Waals surface area contributed by atoms with E-state index in [1.54, 1.807) is 7.11 Å². The molecule has 3 rings (SSSR count). The molecule has 3 aromatic rings. The number of benzene rings is 2. The number of hydrogen-bond acceptors (Lipinski definition) is 2. The van der Waals surface area contributed by atoms with Crippen LogP contribution in [0.3, 0.4) is 0 Å². The van der Waals surface area contributed by atoms with Crippen LogP contribution in [0, 0.1) is 0 Å². The van der Waals surface area contributed by atoms with Crippen molar-refractivity contribution in [2.45, 2.75) is 26.4 Å². The lowest BCUT2D eigenvalue weighted by atomic mass is 10.1. The van der Waals surface area contributed by atoms with Gasteiger partial charge >= 0.3 is 0 Å². The minimum absolute atomic E-state index is 0.906. The zero-order valence-electron chi connectivity index (χ0n) is 13.9. The first kappa shape index (κ1) is 15.6. The number of nitrogens with zero attached hydrogens (tertiary/aromatic N) is 1. The third-order valence-corrected chi connectivity index (χ3v) is 4.28. The Balaban J connectivity index is 1.58. The van der Waals surface area contributed by atoms with E-state index in [1.807, 2.05) is 12.1 Å². The lowest BCUT2D eigenvalue weighted by Crippen LogP contribution is -2.16. The SMILES string of the molecule is CCn1cc(CNCCc2ccc(OC)cc2)c2ccccc21. The van der Waals surface area contributed by atoms with Crippen LogP contribution in [0.25, 0.3) is 10.9 Å². The fourth-order valence-electron chi connectivity index (χ4n) is 2.97. The normalized spacial score (nSPS) is 11.0. The minimum Gasteiger partial charge on any atom is -0.497 e. The van der Waals surface area contributed by atoms with Gasteiger partial charge in [0.05, 0.1) is 7.11 Å². The number of ether oxygens (including phenoxy) is 1. The molecule has 1 aromatic heterocycles. The highest BCUT2D eigenvalue weighted by molar-refractivity contribution is 5.83. The summed E-state index contributed by atoms with van der Waals surface area (Å²) in [6.07, 6.45) is 3.29. The van der Waals surface area contributed by atoms with Crippen LogP contribution in [0.5, 0.6) is 5.75 Å². The van der Waals surface area contributed by atoms with Crippen molar-refractivity contribution in [3.8, 4) is 5.75 Å². The molecule has 120 valence electrons. The van der Waals surface area contributed by atoms with Crippen LogP contribution in [-0.2, 0) is 19.5 Å². The molecule has 0 fully saturated rings. The third kappa shape index (κ3) is 3.57. The molecule has 0 aliphatic carbocycles. The Labute approximate surface area is 137 Å². The van der Waals surface area contributed by atoms with Gasteiger partial charge in [0.1, 0.15) is 5.75 Å². The third-order valence-electron chi connectivity index (χ3n) is 4.28. The van der Waals surface area contributed by atoms with Crippen LogP contribution in [0.4, 0.5) is 0 Å². The lowest BCUT2D eigenvalue weighted by Gasteiger charge is -2.05. The van der Waals surface area contributed by atoms with Crippen molar-refractivity contribution in [3.63, 3.8) is 0 Å². The van der Waals surface area contributed by atoms with Crippen LogP contribution < -0.4 is 10.1 Å². The summed E-state index contributed by atoms with van der Waals surface area (Å²) in [5.74, 6) is 0.911. The van der Waals surface area contributed by atoms with Gasteiger partial charge in [-0.15, -0.1) is 0 Å². The van der Waals surface area contributed by atoms with E-state index in [9.17, 15) is 0 Å². The van der Waals surface area contributed by atoms with Gasteiger partial charge < -0.3 is 14.6 Å². The fourth-order valence-corrected chi connectivity index (χ4v) is 2.97. The monoisotopic (exact) mass is 308 g/mol. The summed E-state index contributed by atoms with van der Waals surface area (Å²) in [5, 5.41) is 4.92. The highest BCUT2D eigenvalue weighted by atomic mass is 16.5. The van der Waals surface area contributed by atoms with Crippen molar-refractivity contribution in [3.05, 3.63) is 65.9 Å². The molecule has 0 aliphatic rings. The molecule has 23 heavy (non-hydrogen) atoms. The Kier molecular flexibility index (Phi) is 4.99. The molecule has 2 aromatic carbocycles. The molecule has 0 bridgehead atoms. The summed E-state index contributed by atoms with van der Waals surface area (Å²) in [6, 6.07) is 16.9. The van der Waals surface area contributed by atoms with Gasteiger partial charge in [-0.3, -0.25) is 0 Å². The largest absolute Gasteiger partial charge is 0.497 e. The molecule has 3 heteroatoms. The average Bonchev–Trinajstić information content (AvgIpc) is 2.97. The summed E-state index contributed by atoms with van der Waals surface area (Å²) in [6.45, 7) is 5.07. The van der Waals surface area contributed by atoms with Crippen molar-refractivity contribution in [1.82, 2.24) is 9.88 Å². The van der Waals surface area contributed by atoms with E-state index in [-0.39, 0.29) is 0 Å². The maximum Gasteiger partial charge on any atom is 0.118 e. The Morgan fingerprint density at radius 2 is 1.83 bits per heavy atom. The molecule has 0 atom stereocenters. The van der Waals surface area contributed by atoms with E-state index in [4.69, 9.17) is 4.74 Å². The second-order valence-corrected chi connectivity index (χ2v) is 5.73. The topological polar surface area (TPSA) is 26.2 Å². The molecule has 3 nitrogen and oxygen atoms in total. The zero-order chi connectivity index (χ0) is 16.1. The number of aryl methyl sites for hydroxylation is 1. The number of hydrogen-bond donors (Lipinski definition) is 1. The van der Waals surface area contributed by atoms with E-state index in [2.05, 4.69) is 59.4 Å². The highest BCUT2D eigenvalue weighted by Gasteiger charge is 2.06. The molecule has 0 amide bonds. The van der Waals surface area contributed by atoms with E-state index >= 15 is 0 Å². The van der Waals surface area contributed by atoms with Gasteiger partial charge in [-0.1, -0.05) is 30.3 Å². The number of methoxy groups -OCH3 is 1. The molecule has 1 heterocycles. The molecule has 0 unspecified atom stereocenters. The Morgan fingerprint density at radius 1 is 1.04 bits per heavy atom. The predicted molar refractivity (Wildman–Crippen MR) is 96.0 cm³/mol. The van der Waals surface area contributed by atoms with E-state index in [1.165, 1.54) is 22.0 Å². The smallest absolute Gasteiger partial charge is 0.118 e. The molecule has 0 radical (unpaired) electrons. The zero-order valence-corrected chi connectivity index (χ0v) is 13.9. The van der Waals surface area contributed by atoms with Crippen molar-refractivity contribution < 1.29 is 4.74 Å². The number of fused-ring (bicyclic) bond motifs is 1. The Hall–Kier alpha value is -2.26. The van der Waals surface area contributed by atoms with Crippen LogP contribution in [0.1, 0.15) is 18.1 Å². The summed E-state index contributed by atoms with van der Waals surface area (Å²) < 4.78 is 7.50. The molecule has 1 N–H and O–H groups in total. The molecule has 0 saturated carbocycles. The number of para-hydroxylation sites is 1. The van der Waals surface area contributed by atoms with Gasteiger partial charge in [0.25, 0.3) is 0 Å². The summed E-state index contributed by atoms with van der Waals surface area (Å²) in [4.78, 5) is 0. The maximum absolute atomic E-state index is 5.19. The molecule has 0 saturated heterocycles. The first-order valence-electron chi connectivity index (χ1n) is 8.22. The minimum atomic E-state index is 0.906. The van der Waals surface area contributed by atoms with E-state index in [0.717, 1.165) is 31.8 Å². The van der Waals surface area contributed by atoms with E-state index in [0.29, 0.717) is 0 Å². The first-order chi connectivity index (χ1) is 11.3. The Morgan fingerprint density at radius 3 is 2.57 bits per heavy atom. The van der Waals surface area contributed by atoms with Gasteiger partial charge in [-0.25, -0.2) is 0 Å². The van der Waals surface area contributed by atoms with Gasteiger partial charge in [-0.05, 0) is 49.2 Å². The second kappa shape index (κ2) is 7.34. The van der Waals surface area contributed by atoms with Crippen LogP contribution in [-0.4, -0.2) is 18.2 Å². The van der Waals surface area contributed by atoms with Crippen LogP contribution in [0.15, 0.2) is 54.7 Å². The summed E-state index contributed by atoms with van der Waals surface area (Å²) in [5.41, 5.74) is 4.02. The second-order valence-electron chi connectivity index (χ2n) is 5.73. The summed E-state index contributed by atoms with van der Waals surface area (Å²) in [7, 11) is 1.70. The van der Waals surface area contributed by atoms with Crippen molar-refractivity contribution in [2.24, 2.45) is 0 Å². The molecule has 0 spiro atoms. The highest BCUT2D eigenvalue weighted by Crippen LogP contribution is 2.21. The summed E-state index contributed by atoms with van der Waals surface area (Å²) >= 11 is 0.